The number of carbonyl (C=O) groups excluding carboxylic acids is 1. The molecule has 0 unspecified atom stereocenters. The molecule has 1 saturated heterocycles. The molecule has 7 rings (SSSR count). The summed E-state index contributed by atoms with van der Waals surface area (Å²) in [6, 6.07) is 18.0. The lowest BCUT2D eigenvalue weighted by atomic mass is 9.93. The number of furan rings is 1. The number of carbonyl (C=O) groups is 1. The molecule has 0 amide bonds. The number of nitrogens with zero attached hydrogens (tertiary/aromatic N) is 3. The van der Waals surface area contributed by atoms with Crippen LogP contribution in [-0.4, -0.2) is 37.0 Å². The molecule has 3 aliphatic heterocycles. The van der Waals surface area contributed by atoms with Crippen molar-refractivity contribution >= 4 is 35.0 Å². The number of aromatic nitrogens is 1. The van der Waals surface area contributed by atoms with Gasteiger partial charge in [0.05, 0.1) is 28.5 Å². The fourth-order valence-corrected chi connectivity index (χ4v) is 6.77. The van der Waals surface area contributed by atoms with Crippen molar-refractivity contribution in [1.82, 2.24) is 4.57 Å². The lowest BCUT2D eigenvalue weighted by molar-refractivity contribution is -0.138. The van der Waals surface area contributed by atoms with Gasteiger partial charge in [-0.15, -0.1) is 0 Å². The van der Waals surface area contributed by atoms with Crippen molar-refractivity contribution in [3.8, 4) is 11.5 Å². The Balaban J connectivity index is 1.39. The third-order valence-corrected chi connectivity index (χ3v) is 9.05. The largest absolute Gasteiger partial charge is 0.463 e. The number of benzene rings is 2. The number of thiazole rings is 1. The summed E-state index contributed by atoms with van der Waals surface area (Å²) in [5, 5.41) is 0. The second-order valence-electron chi connectivity index (χ2n) is 10.9. The molecule has 2 aromatic heterocycles. The Morgan fingerprint density at radius 3 is 2.65 bits per heavy atom. The summed E-state index contributed by atoms with van der Waals surface area (Å²) in [6.07, 6.45) is 4.01. The van der Waals surface area contributed by atoms with E-state index in [9.17, 15) is 9.59 Å². The van der Waals surface area contributed by atoms with Gasteiger partial charge in [0.15, 0.2) is 22.2 Å². The summed E-state index contributed by atoms with van der Waals surface area (Å²) >= 11 is 1.26. The Morgan fingerprint density at radius 1 is 1.07 bits per heavy atom. The quantitative estimate of drug-likeness (QED) is 0.302. The third kappa shape index (κ3) is 5.05. The Hall–Kier alpha value is -4.57. The number of fused-ring (bicyclic) bond motifs is 2. The molecule has 1 atom stereocenters. The molecule has 220 valence electrons. The molecule has 2 aromatic carbocycles. The molecule has 1 fully saturated rings. The Labute approximate surface area is 251 Å². The van der Waals surface area contributed by atoms with E-state index < -0.39 is 12.0 Å². The molecule has 9 nitrogen and oxygen atoms in total. The lowest BCUT2D eigenvalue weighted by Crippen LogP contribution is -2.40. The summed E-state index contributed by atoms with van der Waals surface area (Å²) in [4.78, 5) is 35.4. The van der Waals surface area contributed by atoms with Gasteiger partial charge in [-0.1, -0.05) is 54.7 Å². The first kappa shape index (κ1) is 27.3. The van der Waals surface area contributed by atoms with Gasteiger partial charge in [0, 0.05) is 30.8 Å². The van der Waals surface area contributed by atoms with Gasteiger partial charge in [0.2, 0.25) is 6.79 Å². The molecule has 5 heterocycles. The highest BCUT2D eigenvalue weighted by Crippen LogP contribution is 2.40. The highest BCUT2D eigenvalue weighted by atomic mass is 32.1. The van der Waals surface area contributed by atoms with Crippen LogP contribution in [0.2, 0.25) is 0 Å². The second-order valence-corrected chi connectivity index (χ2v) is 11.9. The average Bonchev–Trinajstić information content (AvgIpc) is 3.76. The first-order chi connectivity index (χ1) is 21.0. The zero-order valence-electron chi connectivity index (χ0n) is 23.9. The van der Waals surface area contributed by atoms with Crippen LogP contribution in [0.5, 0.6) is 11.5 Å². The summed E-state index contributed by atoms with van der Waals surface area (Å²) in [5.41, 5.74) is 1.91. The van der Waals surface area contributed by atoms with Gasteiger partial charge in [-0.25, -0.2) is 9.79 Å². The van der Waals surface area contributed by atoms with Gasteiger partial charge in [0.25, 0.3) is 5.56 Å². The van der Waals surface area contributed by atoms with Gasteiger partial charge in [-0.3, -0.25) is 9.36 Å². The zero-order valence-corrected chi connectivity index (χ0v) is 24.8. The van der Waals surface area contributed by atoms with E-state index in [0.717, 1.165) is 37.4 Å². The van der Waals surface area contributed by atoms with Crippen molar-refractivity contribution in [1.29, 1.82) is 0 Å². The summed E-state index contributed by atoms with van der Waals surface area (Å²) in [5.74, 6) is 2.74. The fourth-order valence-electron chi connectivity index (χ4n) is 5.79. The maximum atomic E-state index is 14.1. The number of rotatable bonds is 6. The van der Waals surface area contributed by atoms with Crippen molar-refractivity contribution in [2.75, 3.05) is 31.4 Å². The first-order valence-electron chi connectivity index (χ1n) is 14.5. The van der Waals surface area contributed by atoms with Crippen LogP contribution in [0.3, 0.4) is 0 Å². The van der Waals surface area contributed by atoms with Gasteiger partial charge in [0.1, 0.15) is 5.76 Å². The normalized spacial score (nSPS) is 18.5. The van der Waals surface area contributed by atoms with Gasteiger partial charge in [-0.05, 0) is 49.4 Å². The number of piperidine rings is 1. The number of esters is 1. The standard InChI is InChI=1S/C33H31N3O6S/c1-3-39-32(38)28-29(21-7-5-4-6-8-21)34-33-36(30(28)22-9-11-24-25(17-22)41-19-40-24)31(37)26(43-33)18-23-10-12-27(42-23)35-15-13-20(2)14-16-35/h4-12,17-18,20,30H,3,13-16,19H2,1-2H3/b26-18+/t30-/m0/s1. The number of hydrogen-bond acceptors (Lipinski definition) is 9. The zero-order chi connectivity index (χ0) is 29.5. The molecule has 0 aliphatic carbocycles. The molecule has 4 aromatic rings. The van der Waals surface area contributed by atoms with Crippen molar-refractivity contribution in [2.45, 2.75) is 32.7 Å². The van der Waals surface area contributed by atoms with Crippen molar-refractivity contribution in [3.05, 3.63) is 103 Å². The van der Waals surface area contributed by atoms with E-state index in [-0.39, 0.29) is 24.5 Å². The molecule has 0 saturated carbocycles. The lowest BCUT2D eigenvalue weighted by Gasteiger charge is -2.29. The first-order valence-corrected chi connectivity index (χ1v) is 15.3. The van der Waals surface area contributed by atoms with Crippen molar-refractivity contribution < 1.29 is 23.4 Å². The SMILES string of the molecule is CCOC(=O)C1=C(c2ccccc2)N=c2s/c(=C/c3ccc(N4CCC(C)CC4)o3)c(=O)n2[C@H]1c1ccc2c(c1)OCO2. The molecule has 0 spiro atoms. The summed E-state index contributed by atoms with van der Waals surface area (Å²) in [7, 11) is 0. The number of anilines is 1. The monoisotopic (exact) mass is 597 g/mol. The minimum absolute atomic E-state index is 0.110. The van der Waals surface area contributed by atoms with Crippen LogP contribution in [0.25, 0.3) is 11.8 Å². The number of hydrogen-bond donors (Lipinski definition) is 0. The predicted molar refractivity (Wildman–Crippen MR) is 163 cm³/mol. The molecular weight excluding hydrogens is 566 g/mol. The highest BCUT2D eigenvalue weighted by Gasteiger charge is 2.36. The fraction of sp³-hybridized carbons (Fsp3) is 0.303. The Bertz CT molecular complexity index is 1900. The van der Waals surface area contributed by atoms with Crippen molar-refractivity contribution in [3.63, 3.8) is 0 Å². The van der Waals surface area contributed by atoms with E-state index in [4.69, 9.17) is 23.6 Å². The second kappa shape index (κ2) is 11.3. The minimum atomic E-state index is -0.801. The van der Waals surface area contributed by atoms with Crippen LogP contribution in [0.1, 0.15) is 49.6 Å². The summed E-state index contributed by atoms with van der Waals surface area (Å²) < 4.78 is 24.9. The molecule has 0 bridgehead atoms. The number of ether oxygens (including phenoxy) is 3. The molecule has 0 radical (unpaired) electrons. The van der Waals surface area contributed by atoms with E-state index in [0.29, 0.717) is 43.8 Å². The van der Waals surface area contributed by atoms with E-state index >= 15 is 0 Å². The van der Waals surface area contributed by atoms with Crippen LogP contribution >= 0.6 is 11.3 Å². The van der Waals surface area contributed by atoms with E-state index in [1.165, 1.54) is 11.3 Å². The molecule has 10 heteroatoms. The van der Waals surface area contributed by atoms with Crippen LogP contribution in [0.15, 0.2) is 80.4 Å². The predicted octanol–water partition coefficient (Wildman–Crippen LogP) is 4.49. The van der Waals surface area contributed by atoms with Crippen LogP contribution in [0, 0.1) is 5.92 Å². The third-order valence-electron chi connectivity index (χ3n) is 8.07. The average molecular weight is 598 g/mol. The molecule has 3 aliphatic rings. The highest BCUT2D eigenvalue weighted by molar-refractivity contribution is 7.07. The van der Waals surface area contributed by atoms with Crippen molar-refractivity contribution in [2.24, 2.45) is 10.9 Å². The smallest absolute Gasteiger partial charge is 0.338 e. The molecule has 43 heavy (non-hydrogen) atoms. The Kier molecular flexibility index (Phi) is 7.14. The van der Waals surface area contributed by atoms with E-state index in [2.05, 4.69) is 11.8 Å². The Morgan fingerprint density at radius 2 is 1.86 bits per heavy atom. The van der Waals surface area contributed by atoms with E-state index in [1.807, 2.05) is 54.6 Å². The molecule has 0 N–H and O–H groups in total. The van der Waals surface area contributed by atoms with Gasteiger partial charge >= 0.3 is 5.97 Å². The maximum Gasteiger partial charge on any atom is 0.338 e. The van der Waals surface area contributed by atoms with Crippen LogP contribution < -0.4 is 29.3 Å². The van der Waals surface area contributed by atoms with Gasteiger partial charge < -0.3 is 23.5 Å². The van der Waals surface area contributed by atoms with Crippen LogP contribution in [-0.2, 0) is 9.53 Å². The van der Waals surface area contributed by atoms with E-state index in [1.54, 1.807) is 23.6 Å². The minimum Gasteiger partial charge on any atom is -0.463 e. The maximum absolute atomic E-state index is 14.1. The summed E-state index contributed by atoms with van der Waals surface area (Å²) in [6.45, 7) is 6.22. The topological polar surface area (TPSA) is 95.5 Å². The molecular formula is C33H31N3O6S. The van der Waals surface area contributed by atoms with Gasteiger partial charge in [-0.2, -0.15) is 0 Å². The van der Waals surface area contributed by atoms with Crippen LogP contribution in [0.4, 0.5) is 5.88 Å².